The summed E-state index contributed by atoms with van der Waals surface area (Å²) in [5, 5.41) is 9.32. The molecule has 0 aliphatic carbocycles. The first-order valence-corrected chi connectivity index (χ1v) is 6.16. The molecular formula is C12H10N4OS. The lowest BCUT2D eigenvalue weighted by molar-refractivity contribution is 0.489. The number of oxazole rings is 1. The molecule has 2 N–H and O–H groups in total. The number of rotatable bonds is 2. The van der Waals surface area contributed by atoms with Gasteiger partial charge >= 0.3 is 0 Å². The molecule has 0 aliphatic rings. The van der Waals surface area contributed by atoms with E-state index in [0.29, 0.717) is 16.5 Å². The van der Waals surface area contributed by atoms with Crippen molar-refractivity contribution < 1.29 is 4.42 Å². The summed E-state index contributed by atoms with van der Waals surface area (Å²) in [5.41, 5.74) is 8.68. The van der Waals surface area contributed by atoms with Crippen molar-refractivity contribution in [1.82, 2.24) is 15.2 Å². The average Bonchev–Trinajstić information content (AvgIpc) is 2.73. The molecule has 0 unspecified atom stereocenters. The lowest BCUT2D eigenvalue weighted by atomic mass is 10.3. The van der Waals surface area contributed by atoms with Crippen LogP contribution >= 0.6 is 11.8 Å². The summed E-state index contributed by atoms with van der Waals surface area (Å²) in [7, 11) is 0. The van der Waals surface area contributed by atoms with Gasteiger partial charge in [-0.15, -0.1) is 5.10 Å². The van der Waals surface area contributed by atoms with Crippen LogP contribution in [0.5, 0.6) is 0 Å². The maximum absolute atomic E-state index is 5.69. The summed E-state index contributed by atoms with van der Waals surface area (Å²) in [6, 6.07) is 9.17. The first-order valence-electron chi connectivity index (χ1n) is 5.35. The third-order valence-corrected chi connectivity index (χ3v) is 3.13. The number of nitrogens with zero attached hydrogens (tertiary/aromatic N) is 3. The Balaban J connectivity index is 1.92. The van der Waals surface area contributed by atoms with Gasteiger partial charge < -0.3 is 10.2 Å². The van der Waals surface area contributed by atoms with Gasteiger partial charge in [0.15, 0.2) is 5.58 Å². The van der Waals surface area contributed by atoms with Gasteiger partial charge in [0, 0.05) is 11.8 Å². The number of anilines is 1. The number of aromatic nitrogens is 3. The van der Waals surface area contributed by atoms with Gasteiger partial charge in [0.1, 0.15) is 10.5 Å². The first-order chi connectivity index (χ1) is 8.70. The fourth-order valence-corrected chi connectivity index (χ4v) is 2.17. The SMILES string of the molecule is Cc1ccc(Sc2nc3ccc(N)cc3o2)nn1. The molecular weight excluding hydrogens is 248 g/mol. The smallest absolute Gasteiger partial charge is 0.263 e. The molecule has 0 aliphatic heterocycles. The molecule has 3 rings (SSSR count). The maximum atomic E-state index is 5.69. The van der Waals surface area contributed by atoms with Crippen LogP contribution in [-0.2, 0) is 0 Å². The zero-order valence-corrected chi connectivity index (χ0v) is 10.4. The van der Waals surface area contributed by atoms with Gasteiger partial charge in [-0.1, -0.05) is 0 Å². The topological polar surface area (TPSA) is 77.8 Å². The van der Waals surface area contributed by atoms with E-state index in [1.165, 1.54) is 11.8 Å². The van der Waals surface area contributed by atoms with E-state index in [2.05, 4.69) is 15.2 Å². The molecule has 0 amide bonds. The van der Waals surface area contributed by atoms with E-state index in [9.17, 15) is 0 Å². The molecule has 90 valence electrons. The molecule has 0 fully saturated rings. The normalized spacial score (nSPS) is 10.9. The molecule has 0 spiro atoms. The van der Waals surface area contributed by atoms with E-state index in [1.54, 1.807) is 12.1 Å². The molecule has 6 heteroatoms. The Morgan fingerprint density at radius 1 is 1.17 bits per heavy atom. The van der Waals surface area contributed by atoms with Crippen LogP contribution in [0.2, 0.25) is 0 Å². The Hall–Kier alpha value is -2.08. The Morgan fingerprint density at radius 3 is 2.83 bits per heavy atom. The molecule has 18 heavy (non-hydrogen) atoms. The second-order valence-electron chi connectivity index (χ2n) is 3.82. The molecule has 0 saturated heterocycles. The zero-order valence-electron chi connectivity index (χ0n) is 9.62. The van der Waals surface area contributed by atoms with Gasteiger partial charge in [-0.25, -0.2) is 4.98 Å². The van der Waals surface area contributed by atoms with Crippen LogP contribution in [0, 0.1) is 6.92 Å². The third-order valence-electron chi connectivity index (χ3n) is 2.36. The Labute approximate surface area is 107 Å². The highest BCUT2D eigenvalue weighted by Crippen LogP contribution is 2.28. The predicted octanol–water partition coefficient (Wildman–Crippen LogP) is 2.66. The van der Waals surface area contributed by atoms with Crippen molar-refractivity contribution in [3.8, 4) is 0 Å². The van der Waals surface area contributed by atoms with E-state index < -0.39 is 0 Å². The maximum Gasteiger partial charge on any atom is 0.263 e. The lowest BCUT2D eigenvalue weighted by Gasteiger charge is -1.94. The van der Waals surface area contributed by atoms with E-state index in [4.69, 9.17) is 10.2 Å². The number of hydrogen-bond donors (Lipinski definition) is 1. The standard InChI is InChI=1S/C12H10N4OS/c1-7-2-5-11(16-15-7)18-12-14-9-4-3-8(13)6-10(9)17-12/h2-6H,13H2,1H3. The first kappa shape index (κ1) is 11.0. The number of nitrogens with two attached hydrogens (primary N) is 1. The van der Waals surface area contributed by atoms with Gasteiger partial charge in [-0.3, -0.25) is 0 Å². The zero-order chi connectivity index (χ0) is 12.5. The van der Waals surface area contributed by atoms with Crippen molar-refractivity contribution in [3.05, 3.63) is 36.0 Å². The van der Waals surface area contributed by atoms with Gasteiger partial charge in [0.05, 0.1) is 5.69 Å². The minimum atomic E-state index is 0.536. The van der Waals surface area contributed by atoms with Crippen LogP contribution in [0.25, 0.3) is 11.1 Å². The van der Waals surface area contributed by atoms with E-state index in [-0.39, 0.29) is 0 Å². The third kappa shape index (κ3) is 2.14. The highest BCUT2D eigenvalue weighted by Gasteiger charge is 2.08. The van der Waals surface area contributed by atoms with Crippen LogP contribution in [0.4, 0.5) is 5.69 Å². The molecule has 5 nitrogen and oxygen atoms in total. The van der Waals surface area contributed by atoms with Gasteiger partial charge in [0.2, 0.25) is 0 Å². The monoisotopic (exact) mass is 258 g/mol. The minimum absolute atomic E-state index is 0.536. The molecule has 1 aromatic carbocycles. The quantitative estimate of drug-likeness (QED) is 0.712. The highest BCUT2D eigenvalue weighted by molar-refractivity contribution is 7.99. The molecule has 3 aromatic rings. The Kier molecular flexibility index (Phi) is 2.64. The van der Waals surface area contributed by atoms with Gasteiger partial charge in [0.25, 0.3) is 5.22 Å². The molecule has 2 heterocycles. The largest absolute Gasteiger partial charge is 0.431 e. The summed E-state index contributed by atoms with van der Waals surface area (Å²) in [6.07, 6.45) is 0. The van der Waals surface area contributed by atoms with Crippen LogP contribution in [-0.4, -0.2) is 15.2 Å². The lowest BCUT2D eigenvalue weighted by Crippen LogP contribution is -1.87. The fraction of sp³-hybridized carbons (Fsp3) is 0.0833. The van der Waals surface area contributed by atoms with Crippen molar-refractivity contribution in [2.45, 2.75) is 17.2 Å². The Morgan fingerprint density at radius 2 is 2.06 bits per heavy atom. The van der Waals surface area contributed by atoms with E-state index in [1.807, 2.05) is 25.1 Å². The fourth-order valence-electron chi connectivity index (χ4n) is 1.49. The summed E-state index contributed by atoms with van der Waals surface area (Å²) >= 11 is 1.34. The van der Waals surface area contributed by atoms with Crippen LogP contribution in [0.3, 0.4) is 0 Å². The van der Waals surface area contributed by atoms with Crippen LogP contribution in [0.15, 0.2) is 45.0 Å². The number of benzene rings is 1. The molecule has 0 bridgehead atoms. The van der Waals surface area contributed by atoms with Crippen molar-refractivity contribution >= 4 is 28.5 Å². The van der Waals surface area contributed by atoms with Crippen molar-refractivity contribution in [2.75, 3.05) is 5.73 Å². The van der Waals surface area contributed by atoms with Crippen molar-refractivity contribution in [2.24, 2.45) is 0 Å². The number of hydrogen-bond acceptors (Lipinski definition) is 6. The number of nitrogen functional groups attached to an aromatic ring is 1. The van der Waals surface area contributed by atoms with Crippen LogP contribution in [0.1, 0.15) is 5.69 Å². The summed E-state index contributed by atoms with van der Waals surface area (Å²) < 4.78 is 5.59. The second kappa shape index (κ2) is 4.30. The number of aryl methyl sites for hydroxylation is 1. The van der Waals surface area contributed by atoms with Crippen molar-refractivity contribution in [1.29, 1.82) is 0 Å². The summed E-state index contributed by atoms with van der Waals surface area (Å²) in [5.74, 6) is 0. The molecule has 0 radical (unpaired) electrons. The van der Waals surface area contributed by atoms with E-state index >= 15 is 0 Å². The van der Waals surface area contributed by atoms with Gasteiger partial charge in [-0.05, 0) is 43.0 Å². The highest BCUT2D eigenvalue weighted by atomic mass is 32.2. The summed E-state index contributed by atoms with van der Waals surface area (Å²) in [6.45, 7) is 1.89. The van der Waals surface area contributed by atoms with Crippen molar-refractivity contribution in [3.63, 3.8) is 0 Å². The number of fused-ring (bicyclic) bond motifs is 1. The minimum Gasteiger partial charge on any atom is -0.431 e. The van der Waals surface area contributed by atoms with Crippen LogP contribution < -0.4 is 5.73 Å². The Bertz CT molecular complexity index is 693. The van der Waals surface area contributed by atoms with E-state index in [0.717, 1.165) is 16.2 Å². The van der Waals surface area contributed by atoms with Gasteiger partial charge in [-0.2, -0.15) is 5.10 Å². The molecule has 0 saturated carbocycles. The predicted molar refractivity (Wildman–Crippen MR) is 69.3 cm³/mol. The second-order valence-corrected chi connectivity index (χ2v) is 4.79. The summed E-state index contributed by atoms with van der Waals surface area (Å²) in [4.78, 5) is 4.34. The molecule has 0 atom stereocenters. The average molecular weight is 258 g/mol. The molecule has 2 aromatic heterocycles.